The van der Waals surface area contributed by atoms with Crippen molar-refractivity contribution in [1.82, 2.24) is 14.8 Å². The van der Waals surface area contributed by atoms with Gasteiger partial charge in [-0.1, -0.05) is 0 Å². The summed E-state index contributed by atoms with van der Waals surface area (Å²) in [5.41, 5.74) is 7.10. The molecule has 0 aliphatic rings. The molecule has 0 aliphatic heterocycles. The summed E-state index contributed by atoms with van der Waals surface area (Å²) in [7, 11) is 1.85. The van der Waals surface area contributed by atoms with Gasteiger partial charge in [0.2, 0.25) is 0 Å². The van der Waals surface area contributed by atoms with Crippen LogP contribution in [0.4, 0.5) is 0 Å². The molecule has 0 fully saturated rings. The molecule has 15 heavy (non-hydrogen) atoms. The molecule has 2 rings (SSSR count). The summed E-state index contributed by atoms with van der Waals surface area (Å²) in [6, 6.07) is 1.74. The second-order valence-corrected chi connectivity index (χ2v) is 3.58. The summed E-state index contributed by atoms with van der Waals surface area (Å²) in [5, 5.41) is 3.99. The number of rotatable bonds is 3. The Balaban J connectivity index is 2.14. The molecule has 2 N–H and O–H groups in total. The lowest BCUT2D eigenvalue weighted by molar-refractivity contribution is 0.454. The Morgan fingerprint density at radius 2 is 2.40 bits per heavy atom. The topological polar surface area (TPSA) is 69.9 Å². The summed E-state index contributed by atoms with van der Waals surface area (Å²) < 4.78 is 7.05. The molecule has 0 spiro atoms. The van der Waals surface area contributed by atoms with Crippen LogP contribution < -0.4 is 5.73 Å². The molecule has 0 aliphatic carbocycles. The zero-order valence-corrected chi connectivity index (χ0v) is 8.84. The number of hydrogen-bond donors (Lipinski definition) is 1. The van der Waals surface area contributed by atoms with Gasteiger partial charge in [-0.3, -0.25) is 4.68 Å². The quantitative estimate of drug-likeness (QED) is 0.812. The van der Waals surface area contributed by atoms with Gasteiger partial charge in [0.15, 0.2) is 0 Å². The van der Waals surface area contributed by atoms with Crippen LogP contribution in [-0.4, -0.2) is 14.8 Å². The standard InChI is InChI=1S/C10H14N4O/c1-7-3-4-15-10(7)8(11)5-9-12-6-13-14(9)2/h3-4,6,8H,5,11H2,1-2H3. The van der Waals surface area contributed by atoms with Gasteiger partial charge in [0.1, 0.15) is 17.9 Å². The van der Waals surface area contributed by atoms with Crippen LogP contribution in [0.15, 0.2) is 23.1 Å². The average molecular weight is 206 g/mol. The van der Waals surface area contributed by atoms with Gasteiger partial charge in [0, 0.05) is 13.5 Å². The summed E-state index contributed by atoms with van der Waals surface area (Å²) in [6.07, 6.45) is 3.81. The maximum atomic E-state index is 6.03. The smallest absolute Gasteiger partial charge is 0.138 e. The molecule has 0 bridgehead atoms. The van der Waals surface area contributed by atoms with E-state index < -0.39 is 0 Å². The van der Waals surface area contributed by atoms with Crippen molar-refractivity contribution >= 4 is 0 Å². The lowest BCUT2D eigenvalue weighted by atomic mass is 10.1. The molecule has 0 amide bonds. The van der Waals surface area contributed by atoms with Gasteiger partial charge in [0.05, 0.1) is 12.3 Å². The molecule has 0 saturated carbocycles. The van der Waals surface area contributed by atoms with E-state index in [1.165, 1.54) is 6.33 Å². The van der Waals surface area contributed by atoms with Crippen molar-refractivity contribution in [3.8, 4) is 0 Å². The SMILES string of the molecule is Cc1ccoc1C(N)Cc1ncnn1C. The van der Waals surface area contributed by atoms with Gasteiger partial charge in [-0.15, -0.1) is 0 Å². The molecule has 2 heterocycles. The van der Waals surface area contributed by atoms with Gasteiger partial charge < -0.3 is 10.2 Å². The maximum Gasteiger partial charge on any atom is 0.138 e. The van der Waals surface area contributed by atoms with Gasteiger partial charge in [0.25, 0.3) is 0 Å². The minimum atomic E-state index is -0.164. The molecule has 1 unspecified atom stereocenters. The summed E-state index contributed by atoms with van der Waals surface area (Å²) >= 11 is 0. The molecule has 80 valence electrons. The highest BCUT2D eigenvalue weighted by atomic mass is 16.3. The van der Waals surface area contributed by atoms with Crippen LogP contribution in [0.5, 0.6) is 0 Å². The first-order chi connectivity index (χ1) is 7.18. The monoisotopic (exact) mass is 206 g/mol. The van der Waals surface area contributed by atoms with E-state index in [4.69, 9.17) is 10.2 Å². The first-order valence-electron chi connectivity index (χ1n) is 4.81. The third-order valence-electron chi connectivity index (χ3n) is 2.45. The highest BCUT2D eigenvalue weighted by Crippen LogP contribution is 2.19. The fourth-order valence-corrected chi connectivity index (χ4v) is 1.56. The lowest BCUT2D eigenvalue weighted by Gasteiger charge is -2.08. The predicted octanol–water partition coefficient (Wildman–Crippen LogP) is 0.959. The Morgan fingerprint density at radius 1 is 1.60 bits per heavy atom. The van der Waals surface area contributed by atoms with E-state index in [0.29, 0.717) is 6.42 Å². The number of nitrogens with two attached hydrogens (primary N) is 1. The molecule has 2 aromatic heterocycles. The third kappa shape index (κ3) is 1.92. The molecule has 2 aromatic rings. The molecule has 0 saturated heterocycles. The predicted molar refractivity (Wildman–Crippen MR) is 55.1 cm³/mol. The van der Waals surface area contributed by atoms with Crippen molar-refractivity contribution in [2.75, 3.05) is 0 Å². The van der Waals surface area contributed by atoms with Crippen molar-refractivity contribution in [3.63, 3.8) is 0 Å². The van der Waals surface area contributed by atoms with E-state index in [1.807, 2.05) is 20.0 Å². The second kappa shape index (κ2) is 3.86. The van der Waals surface area contributed by atoms with E-state index in [-0.39, 0.29) is 6.04 Å². The lowest BCUT2D eigenvalue weighted by Crippen LogP contribution is -2.16. The number of aryl methyl sites for hydroxylation is 2. The fourth-order valence-electron chi connectivity index (χ4n) is 1.56. The van der Waals surface area contributed by atoms with Crippen molar-refractivity contribution in [3.05, 3.63) is 35.8 Å². The Labute approximate surface area is 87.9 Å². The van der Waals surface area contributed by atoms with Crippen molar-refractivity contribution in [1.29, 1.82) is 0 Å². The third-order valence-corrected chi connectivity index (χ3v) is 2.45. The minimum Gasteiger partial charge on any atom is -0.467 e. The normalized spacial score (nSPS) is 13.0. The van der Waals surface area contributed by atoms with Crippen LogP contribution >= 0.6 is 0 Å². The van der Waals surface area contributed by atoms with Crippen molar-refractivity contribution < 1.29 is 4.42 Å². The van der Waals surface area contributed by atoms with Crippen molar-refractivity contribution in [2.45, 2.75) is 19.4 Å². The Kier molecular flexibility index (Phi) is 2.55. The maximum absolute atomic E-state index is 6.03. The highest BCUT2D eigenvalue weighted by Gasteiger charge is 2.15. The van der Waals surface area contributed by atoms with Crippen LogP contribution in [0, 0.1) is 6.92 Å². The zero-order valence-electron chi connectivity index (χ0n) is 8.84. The van der Waals surface area contributed by atoms with Crippen LogP contribution in [0.25, 0.3) is 0 Å². The molecule has 0 radical (unpaired) electrons. The second-order valence-electron chi connectivity index (χ2n) is 3.58. The van der Waals surface area contributed by atoms with Gasteiger partial charge in [-0.05, 0) is 18.6 Å². The summed E-state index contributed by atoms with van der Waals surface area (Å²) in [6.45, 7) is 1.98. The molecular formula is C10H14N4O. The molecular weight excluding hydrogens is 192 g/mol. The Morgan fingerprint density at radius 3 is 2.93 bits per heavy atom. The summed E-state index contributed by atoms with van der Waals surface area (Å²) in [5.74, 6) is 1.68. The molecule has 5 heteroatoms. The van der Waals surface area contributed by atoms with Crippen LogP contribution in [0.2, 0.25) is 0 Å². The number of furan rings is 1. The van der Waals surface area contributed by atoms with Gasteiger partial charge in [-0.25, -0.2) is 4.98 Å². The number of aromatic nitrogens is 3. The van der Waals surface area contributed by atoms with E-state index in [0.717, 1.165) is 17.1 Å². The first kappa shape index (κ1) is 9.92. The Bertz CT molecular complexity index is 446. The van der Waals surface area contributed by atoms with Gasteiger partial charge >= 0.3 is 0 Å². The van der Waals surface area contributed by atoms with Crippen LogP contribution in [-0.2, 0) is 13.5 Å². The Hall–Kier alpha value is -1.62. The number of nitrogens with zero attached hydrogens (tertiary/aromatic N) is 3. The molecule has 1 atom stereocenters. The number of hydrogen-bond acceptors (Lipinski definition) is 4. The first-order valence-corrected chi connectivity index (χ1v) is 4.81. The molecule has 0 aromatic carbocycles. The average Bonchev–Trinajstić information content (AvgIpc) is 2.76. The zero-order chi connectivity index (χ0) is 10.8. The van der Waals surface area contributed by atoms with Gasteiger partial charge in [-0.2, -0.15) is 5.10 Å². The van der Waals surface area contributed by atoms with E-state index in [1.54, 1.807) is 10.9 Å². The van der Waals surface area contributed by atoms with E-state index in [9.17, 15) is 0 Å². The molecule has 5 nitrogen and oxygen atoms in total. The largest absolute Gasteiger partial charge is 0.467 e. The van der Waals surface area contributed by atoms with Crippen LogP contribution in [0.3, 0.4) is 0 Å². The van der Waals surface area contributed by atoms with E-state index in [2.05, 4.69) is 10.1 Å². The highest BCUT2D eigenvalue weighted by molar-refractivity contribution is 5.18. The van der Waals surface area contributed by atoms with Crippen LogP contribution in [0.1, 0.15) is 23.2 Å². The van der Waals surface area contributed by atoms with E-state index >= 15 is 0 Å². The van der Waals surface area contributed by atoms with Crippen molar-refractivity contribution in [2.24, 2.45) is 12.8 Å². The fraction of sp³-hybridized carbons (Fsp3) is 0.400. The summed E-state index contributed by atoms with van der Waals surface area (Å²) in [4.78, 5) is 4.13. The minimum absolute atomic E-state index is 0.164.